The number of aromatic nitrogens is 4. The molecule has 0 saturated heterocycles. The number of rotatable bonds is 9. The van der Waals surface area contributed by atoms with Crippen LogP contribution >= 0.6 is 35.1 Å². The fraction of sp³-hybridized carbons (Fsp3) is 0.733. The summed E-state index contributed by atoms with van der Waals surface area (Å²) in [4.78, 5) is 97.7. The van der Waals surface area contributed by atoms with E-state index in [4.69, 9.17) is 54.8 Å². The molecule has 0 bridgehead atoms. The summed E-state index contributed by atoms with van der Waals surface area (Å²) in [5.74, 6) is -10.0. The Kier molecular flexibility index (Phi) is 33.7. The van der Waals surface area contributed by atoms with Crippen LogP contribution in [0.5, 0.6) is 0 Å². The summed E-state index contributed by atoms with van der Waals surface area (Å²) in [7, 11) is 1.00. The molecule has 40 heteroatoms. The first-order valence-corrected chi connectivity index (χ1v) is 25.7. The van der Waals surface area contributed by atoms with E-state index in [1.807, 2.05) is 10.9 Å². The van der Waals surface area contributed by atoms with Gasteiger partial charge in [0.05, 0.1) is 5.54 Å². The molecule has 0 aliphatic heterocycles. The monoisotopic (exact) mass is 1310 g/mol. The summed E-state index contributed by atoms with van der Waals surface area (Å²) in [5, 5.41) is 29.6. The minimum Gasteiger partial charge on any atom is -0.444 e. The van der Waals surface area contributed by atoms with Crippen LogP contribution in [0.25, 0.3) is 0 Å². The largest absolute Gasteiger partial charge is 0.444 e. The average molecular weight is 1310 g/mol. The van der Waals surface area contributed by atoms with Crippen molar-refractivity contribution in [1.29, 1.82) is 0 Å². The predicted molar refractivity (Wildman–Crippen MR) is 277 cm³/mol. The van der Waals surface area contributed by atoms with Gasteiger partial charge in [-0.15, -0.1) is 55.5 Å². The van der Waals surface area contributed by atoms with Crippen molar-refractivity contribution in [3.05, 3.63) is 21.0 Å². The van der Waals surface area contributed by atoms with Crippen LogP contribution in [-0.2, 0) is 58.9 Å². The molecule has 27 nitrogen and oxygen atoms in total. The van der Waals surface area contributed by atoms with Gasteiger partial charge in [0.25, 0.3) is 35.5 Å². The third kappa shape index (κ3) is 33.1. The lowest BCUT2D eigenvalue weighted by Gasteiger charge is -2.45. The summed E-state index contributed by atoms with van der Waals surface area (Å²) in [6.45, 7) is 15.1. The number of aliphatic hydroxyl groups is 1. The van der Waals surface area contributed by atoms with Crippen LogP contribution in [0.1, 0.15) is 137 Å². The van der Waals surface area contributed by atoms with E-state index in [0.717, 1.165) is 18.4 Å². The number of hydrazine groups is 2. The number of hydrogen-bond donors (Lipinski definition) is 10. The first-order valence-electron chi connectivity index (χ1n) is 24.0. The van der Waals surface area contributed by atoms with Gasteiger partial charge in [0.1, 0.15) is 48.9 Å². The molecule has 0 aromatic carbocycles. The molecule has 0 atom stereocenters. The Labute approximate surface area is 493 Å². The smallest absolute Gasteiger partial charge is 0.408 e. The van der Waals surface area contributed by atoms with Gasteiger partial charge < -0.3 is 46.7 Å². The Morgan fingerprint density at radius 1 is 0.612 bits per heavy atom. The molecule has 2 heterocycles. The van der Waals surface area contributed by atoms with E-state index in [1.165, 1.54) is 22.4 Å². The molecule has 85 heavy (non-hydrogen) atoms. The normalized spacial score (nSPS) is 19.1. The van der Waals surface area contributed by atoms with E-state index in [2.05, 4.69) is 42.2 Å². The third-order valence-electron chi connectivity index (χ3n) is 10.1. The van der Waals surface area contributed by atoms with Crippen molar-refractivity contribution in [2.24, 2.45) is 17.3 Å². The summed E-state index contributed by atoms with van der Waals surface area (Å²) in [6.07, 6.45) is -5.34. The maximum absolute atomic E-state index is 13.2. The number of nitrogens with zero attached hydrogens (tertiary/aromatic N) is 4. The average Bonchev–Trinajstić information content (AvgIpc) is 4.02. The van der Waals surface area contributed by atoms with Gasteiger partial charge in [0.2, 0.25) is 12.8 Å². The molecule has 5 aliphatic rings. The minimum atomic E-state index is -3.05. The second kappa shape index (κ2) is 34.6. The zero-order chi connectivity index (χ0) is 66.0. The SMILES string of the molecule is CC(C)(C)OC(=O)NC1(C(=O)NNC=O)CC(F)(F)C1.CC(C)(C)OC(=O)NC1(c2nncs2)CC(F)(F)C1.CC(C)(C)OC(=O)NC1CC(F)(F)C1.CO.Cl.NC1(c2nncs2)CC(F)(F)C1.NC1CC(F)(F)C1.NNC=O.O=C=O.O=C=O. The Balaban J connectivity index is -0.000000962. The fourth-order valence-electron chi connectivity index (χ4n) is 7.21. The molecule has 5 aliphatic carbocycles. The number of alkyl carbamates (subject to hydrolysis) is 3. The lowest BCUT2D eigenvalue weighted by atomic mass is 9.73. The number of hydrogen-bond acceptors (Lipinski definition) is 23. The van der Waals surface area contributed by atoms with Crippen molar-refractivity contribution >= 4 is 84.4 Å². The van der Waals surface area contributed by atoms with Crippen molar-refractivity contribution in [3.8, 4) is 0 Å². The number of nitrogens with one attached hydrogen (secondary N) is 6. The van der Waals surface area contributed by atoms with Crippen LogP contribution in [-0.4, -0.2) is 146 Å². The fourth-order valence-corrected chi connectivity index (χ4v) is 8.59. The number of halogens is 11. The first-order chi connectivity index (χ1) is 38.2. The number of carbonyl (C=O) groups excluding carboxylic acids is 10. The van der Waals surface area contributed by atoms with Crippen LogP contribution in [0.15, 0.2) is 11.0 Å². The maximum Gasteiger partial charge on any atom is 0.408 e. The van der Waals surface area contributed by atoms with Crippen molar-refractivity contribution in [2.75, 3.05) is 7.11 Å². The third-order valence-corrected chi connectivity index (χ3v) is 11.9. The van der Waals surface area contributed by atoms with Gasteiger partial charge in [-0.3, -0.25) is 30.7 Å². The van der Waals surface area contributed by atoms with Crippen LogP contribution in [0.3, 0.4) is 0 Å². The minimum absolute atomic E-state index is 0. The summed E-state index contributed by atoms with van der Waals surface area (Å²) in [6, 6.07) is -0.685. The number of nitrogens with two attached hydrogens (primary N) is 3. The lowest BCUT2D eigenvalue weighted by Crippen LogP contribution is -2.70. The molecule has 13 N–H and O–H groups in total. The van der Waals surface area contributed by atoms with E-state index in [-0.39, 0.29) is 75.7 Å². The number of carbonyl (C=O) groups is 6. The molecule has 0 radical (unpaired) electrons. The highest BCUT2D eigenvalue weighted by Crippen LogP contribution is 2.52. The van der Waals surface area contributed by atoms with Crippen molar-refractivity contribution in [3.63, 3.8) is 0 Å². The molecule has 5 saturated carbocycles. The van der Waals surface area contributed by atoms with E-state index in [9.17, 15) is 67.9 Å². The summed E-state index contributed by atoms with van der Waals surface area (Å²) < 4.78 is 141. The zero-order valence-corrected chi connectivity index (χ0v) is 49.8. The van der Waals surface area contributed by atoms with Gasteiger partial charge >= 0.3 is 30.6 Å². The standard InChI is InChI=1S/C11H17F2N3O4.C11H15F2N3O2S.C9H15F2NO2.C6H7F2N3S.C4H7F2N.CH4N2O.2CO2.CH4O.ClH/c1-9(2,3)20-8(19)15-10(4-11(12,13)5-10)7(18)16-14-6-17;1-9(2,3)18-8(17)15-10(4-11(12,13)5-10)7-16-14-6-19-7;1-8(2,3)14-7(13)12-6-4-9(10,11)5-6;7-6(8)1-5(9,2-6)4-11-10-3-12-4;5-4(6)1-3(7)2-4;2-3-1-4;2*2-1-3;1-2;/h6H,4-5H2,1-3H3,(H,14,17)(H,15,19)(H,16,18);6H,4-5H2,1-3H3,(H,15,17);6H,4-5H2,1-3H3,(H,12,13);3H,1-2,9H2;3H,1-2,7H2;1H,2H2,(H,3,4);;;2H,1H3;1H. The summed E-state index contributed by atoms with van der Waals surface area (Å²) in [5.41, 5.74) is 13.3. The Bertz CT molecular complexity index is 2400. The van der Waals surface area contributed by atoms with Crippen molar-refractivity contribution < 1.29 is 111 Å². The Morgan fingerprint density at radius 2 is 0.965 bits per heavy atom. The van der Waals surface area contributed by atoms with Crippen molar-refractivity contribution in [2.45, 2.75) is 202 Å². The van der Waals surface area contributed by atoms with Crippen LogP contribution in [0, 0.1) is 0 Å². The lowest BCUT2D eigenvalue weighted by molar-refractivity contribution is -0.193. The summed E-state index contributed by atoms with van der Waals surface area (Å²) >= 11 is 2.37. The highest BCUT2D eigenvalue weighted by Gasteiger charge is 2.63. The van der Waals surface area contributed by atoms with Gasteiger partial charge in [-0.25, -0.2) is 64.1 Å². The topological polar surface area (TPSA) is 420 Å². The second-order valence-corrected chi connectivity index (χ2v) is 23.2. The highest BCUT2D eigenvalue weighted by molar-refractivity contribution is 7.09. The maximum atomic E-state index is 13.2. The molecule has 2 aromatic heterocycles. The number of amides is 6. The van der Waals surface area contributed by atoms with E-state index < -0.39 is 119 Å². The molecule has 7 rings (SSSR count). The first kappa shape index (κ1) is 82.7. The molecular weight excluding hydrogens is 1240 g/mol. The molecule has 5 fully saturated rings. The highest BCUT2D eigenvalue weighted by atomic mass is 35.5. The van der Waals surface area contributed by atoms with E-state index >= 15 is 0 Å². The predicted octanol–water partition coefficient (Wildman–Crippen LogP) is 4.79. The molecule has 0 unspecified atom stereocenters. The number of aliphatic hydroxyl groups excluding tert-OH is 1. The molecule has 488 valence electrons. The second-order valence-electron chi connectivity index (χ2n) is 21.5. The van der Waals surface area contributed by atoms with E-state index in [0.29, 0.717) is 16.4 Å². The van der Waals surface area contributed by atoms with Crippen LogP contribution < -0.4 is 49.5 Å². The number of alkyl halides is 10. The van der Waals surface area contributed by atoms with Gasteiger partial charge in [-0.05, 0) is 62.3 Å². The quantitative estimate of drug-likeness (QED) is 0.0403. The van der Waals surface area contributed by atoms with Gasteiger partial charge in [0.15, 0.2) is 0 Å². The van der Waals surface area contributed by atoms with E-state index in [1.54, 1.807) is 67.7 Å². The van der Waals surface area contributed by atoms with Crippen LogP contribution in [0.4, 0.5) is 58.3 Å². The van der Waals surface area contributed by atoms with Crippen LogP contribution in [0.2, 0.25) is 0 Å². The van der Waals surface area contributed by atoms with Gasteiger partial charge in [-0.2, -0.15) is 19.2 Å². The molecular formula is C45H70ClF10N13O14S2. The van der Waals surface area contributed by atoms with Gasteiger partial charge in [-0.1, -0.05) is 0 Å². The zero-order valence-electron chi connectivity index (χ0n) is 47.3. The van der Waals surface area contributed by atoms with Crippen molar-refractivity contribution in [1.82, 2.24) is 52.6 Å². The molecule has 6 amide bonds. The van der Waals surface area contributed by atoms with Gasteiger partial charge in [0, 0.05) is 83.4 Å². The number of ether oxygens (including phenoxy) is 3. The molecule has 0 spiro atoms. The molecule has 2 aromatic rings. The Hall–Kier alpha value is -6.47. The Morgan fingerprint density at radius 3 is 1.25 bits per heavy atom.